The Balaban J connectivity index is 3.27. The average molecular weight is 339 g/mol. The number of anilines is 1. The summed E-state index contributed by atoms with van der Waals surface area (Å²) >= 11 is 0. The third-order valence-corrected chi connectivity index (χ3v) is 2.95. The van der Waals surface area contributed by atoms with E-state index in [4.69, 9.17) is 14.9 Å². The zero-order chi connectivity index (χ0) is 16.7. The van der Waals surface area contributed by atoms with Gasteiger partial charge in [0.15, 0.2) is 0 Å². The lowest BCUT2D eigenvalue weighted by Gasteiger charge is -2.32. The second-order valence-electron chi connectivity index (χ2n) is 3.94. The van der Waals surface area contributed by atoms with Crippen molar-refractivity contribution in [2.24, 2.45) is 0 Å². The van der Waals surface area contributed by atoms with E-state index in [0.717, 1.165) is 0 Å². The van der Waals surface area contributed by atoms with E-state index in [9.17, 15) is 30.9 Å². The Kier molecular flexibility index (Phi) is 4.37. The fourth-order valence-corrected chi connectivity index (χ4v) is 1.93. The van der Waals surface area contributed by atoms with Crippen LogP contribution < -0.4 is 5.09 Å². The van der Waals surface area contributed by atoms with Gasteiger partial charge in [0.1, 0.15) is 0 Å². The number of rotatable bonds is 3. The lowest BCUT2D eigenvalue weighted by Crippen LogP contribution is -2.53. The molecule has 21 heavy (non-hydrogen) atoms. The van der Waals surface area contributed by atoms with Crippen LogP contribution in [0, 0.1) is 0 Å². The van der Waals surface area contributed by atoms with E-state index in [-0.39, 0.29) is 12.1 Å². The van der Waals surface area contributed by atoms with E-state index in [1.165, 1.54) is 0 Å². The molecule has 0 fully saturated rings. The minimum Gasteiger partial charge on any atom is -0.369 e. The van der Waals surface area contributed by atoms with Crippen molar-refractivity contribution >= 4 is 13.4 Å². The molecule has 0 aliphatic heterocycles. The van der Waals surface area contributed by atoms with Gasteiger partial charge < -0.3 is 14.9 Å². The van der Waals surface area contributed by atoms with E-state index in [2.05, 4.69) is 0 Å². The predicted molar refractivity (Wildman–Crippen MR) is 58.1 cm³/mol. The molecule has 0 saturated heterocycles. The first-order chi connectivity index (χ1) is 9.18. The van der Waals surface area contributed by atoms with Crippen molar-refractivity contribution in [2.45, 2.75) is 18.0 Å². The van der Waals surface area contributed by atoms with Gasteiger partial charge in [-0.05, 0) is 12.1 Å². The van der Waals surface area contributed by atoms with Crippen LogP contribution in [0.25, 0.3) is 0 Å². The summed E-state index contributed by atoms with van der Waals surface area (Å²) in [4.78, 5) is 17.1. The molecular weight excluding hydrogens is 331 g/mol. The van der Waals surface area contributed by atoms with Crippen LogP contribution in [0.15, 0.2) is 24.3 Å². The number of hydrogen-bond donors (Lipinski definition) is 4. The molecule has 0 bridgehead atoms. The molecule has 1 aromatic carbocycles. The van der Waals surface area contributed by atoms with Gasteiger partial charge in [0.2, 0.25) is 0 Å². The van der Waals surface area contributed by atoms with Gasteiger partial charge in [-0.25, -0.2) is 4.57 Å². The molecule has 0 unspecified atom stereocenters. The number of alkyl halides is 6. The molecule has 12 heteroatoms. The maximum absolute atomic E-state index is 12.5. The summed E-state index contributed by atoms with van der Waals surface area (Å²) in [5.74, 6) is 0. The van der Waals surface area contributed by atoms with Gasteiger partial charge >= 0.3 is 20.1 Å². The van der Waals surface area contributed by atoms with Crippen LogP contribution in [0.2, 0.25) is 0 Å². The molecule has 5 nitrogen and oxygen atoms in total. The first kappa shape index (κ1) is 17.8. The summed E-state index contributed by atoms with van der Waals surface area (Å²) in [6.07, 6.45) is -12.0. The number of nitrogens with one attached hydrogen (secondary N) is 1. The molecule has 4 N–H and O–H groups in total. The second kappa shape index (κ2) is 5.16. The zero-order valence-corrected chi connectivity index (χ0v) is 10.7. The average Bonchev–Trinajstić information content (AvgIpc) is 2.23. The Morgan fingerprint density at radius 2 is 1.29 bits per heavy atom. The topological polar surface area (TPSA) is 89.8 Å². The van der Waals surface area contributed by atoms with Crippen LogP contribution in [0.1, 0.15) is 5.56 Å². The molecule has 1 aromatic rings. The number of hydrogen-bond acceptors (Lipinski definition) is 2. The number of halogens is 6. The highest BCUT2D eigenvalue weighted by Crippen LogP contribution is 2.50. The Morgan fingerprint density at radius 3 is 1.57 bits per heavy atom. The van der Waals surface area contributed by atoms with Crippen molar-refractivity contribution in [3.05, 3.63) is 29.8 Å². The van der Waals surface area contributed by atoms with Gasteiger partial charge in [0.05, 0.1) is 0 Å². The molecule has 0 aliphatic rings. The van der Waals surface area contributed by atoms with Crippen molar-refractivity contribution in [3.63, 3.8) is 0 Å². The Hall–Kier alpha value is -1.29. The highest BCUT2D eigenvalue weighted by Gasteiger charge is 2.71. The first-order valence-corrected chi connectivity index (χ1v) is 6.60. The summed E-state index contributed by atoms with van der Waals surface area (Å²) in [5.41, 5.74) is -7.03. The maximum atomic E-state index is 12.5. The molecule has 1 rings (SSSR count). The largest absolute Gasteiger partial charge is 0.430 e. The third-order valence-electron chi connectivity index (χ3n) is 2.40. The number of benzene rings is 1. The van der Waals surface area contributed by atoms with Crippen LogP contribution in [0.5, 0.6) is 0 Å². The summed E-state index contributed by atoms with van der Waals surface area (Å²) in [6.45, 7) is 0. The van der Waals surface area contributed by atoms with Crippen LogP contribution in [0.3, 0.4) is 0 Å². The zero-order valence-electron chi connectivity index (χ0n) is 9.77. The lowest BCUT2D eigenvalue weighted by atomic mass is 9.92. The molecule has 0 spiro atoms. The molecule has 120 valence electrons. The standard InChI is InChI=1S/C9H8F6NO4P/c10-8(11,12)7(17,9(13,14)15)5-1-3-6(4-2-5)16-21(18,19)20/h1-4,17H,(H3,16,18,19,20). The van der Waals surface area contributed by atoms with Gasteiger partial charge in [-0.2, -0.15) is 26.3 Å². The minimum atomic E-state index is -6.02. The Bertz CT molecular complexity index is 535. The summed E-state index contributed by atoms with van der Waals surface area (Å²) < 4.78 is 85.9. The van der Waals surface area contributed by atoms with Crippen molar-refractivity contribution in [2.75, 3.05) is 5.09 Å². The molecule has 0 amide bonds. The molecular formula is C9H8F6NO4P. The predicted octanol–water partition coefficient (Wildman–Crippen LogP) is 2.50. The summed E-state index contributed by atoms with van der Waals surface area (Å²) in [7, 11) is -4.77. The van der Waals surface area contributed by atoms with E-state index in [0.29, 0.717) is 12.1 Å². The van der Waals surface area contributed by atoms with Crippen LogP contribution in [0.4, 0.5) is 32.0 Å². The van der Waals surface area contributed by atoms with Crippen LogP contribution in [-0.2, 0) is 10.2 Å². The van der Waals surface area contributed by atoms with Crippen molar-refractivity contribution in [3.8, 4) is 0 Å². The minimum absolute atomic E-state index is 0.263. The molecule has 0 atom stereocenters. The summed E-state index contributed by atoms with van der Waals surface area (Å²) in [6, 6.07) is 1.66. The molecule has 0 aromatic heterocycles. The quantitative estimate of drug-likeness (QED) is 0.502. The third kappa shape index (κ3) is 3.67. The van der Waals surface area contributed by atoms with Gasteiger partial charge in [-0.1, -0.05) is 12.1 Å². The highest BCUT2D eigenvalue weighted by molar-refractivity contribution is 7.53. The monoisotopic (exact) mass is 339 g/mol. The van der Waals surface area contributed by atoms with Crippen molar-refractivity contribution < 1.29 is 45.8 Å². The van der Waals surface area contributed by atoms with Gasteiger partial charge in [-0.3, -0.25) is 5.09 Å². The SMILES string of the molecule is O=P(O)(O)Nc1ccc(C(O)(C(F)(F)F)C(F)(F)F)cc1. The van der Waals surface area contributed by atoms with E-state index in [1.807, 2.05) is 0 Å². The first-order valence-electron chi connectivity index (χ1n) is 4.99. The van der Waals surface area contributed by atoms with E-state index >= 15 is 0 Å². The van der Waals surface area contributed by atoms with Gasteiger partial charge in [0.25, 0.3) is 5.60 Å². The van der Waals surface area contributed by atoms with Crippen molar-refractivity contribution in [1.29, 1.82) is 0 Å². The Morgan fingerprint density at radius 1 is 0.905 bits per heavy atom. The maximum Gasteiger partial charge on any atom is 0.430 e. The summed E-state index contributed by atoms with van der Waals surface area (Å²) in [5, 5.41) is 10.6. The molecule has 0 radical (unpaired) electrons. The number of aliphatic hydroxyl groups is 1. The highest BCUT2D eigenvalue weighted by atomic mass is 31.2. The second-order valence-corrected chi connectivity index (χ2v) is 5.25. The van der Waals surface area contributed by atoms with E-state index in [1.54, 1.807) is 5.09 Å². The fourth-order valence-electron chi connectivity index (χ4n) is 1.44. The van der Waals surface area contributed by atoms with Crippen LogP contribution >= 0.6 is 7.75 Å². The Labute approximate surface area is 113 Å². The van der Waals surface area contributed by atoms with Gasteiger partial charge in [0, 0.05) is 11.3 Å². The van der Waals surface area contributed by atoms with Gasteiger partial charge in [-0.15, -0.1) is 0 Å². The lowest BCUT2D eigenvalue weighted by molar-refractivity contribution is -0.376. The fraction of sp³-hybridized carbons (Fsp3) is 0.333. The molecule has 0 saturated carbocycles. The van der Waals surface area contributed by atoms with Crippen molar-refractivity contribution in [1.82, 2.24) is 0 Å². The van der Waals surface area contributed by atoms with E-state index < -0.39 is 37.0 Å². The normalized spacial score (nSPS) is 14.1. The molecule has 0 aliphatic carbocycles. The van der Waals surface area contributed by atoms with Crippen LogP contribution in [-0.4, -0.2) is 27.2 Å². The molecule has 0 heterocycles. The smallest absolute Gasteiger partial charge is 0.369 e.